The van der Waals surface area contributed by atoms with Gasteiger partial charge in [-0.1, -0.05) is 29.5 Å². The van der Waals surface area contributed by atoms with Gasteiger partial charge in [0.15, 0.2) is 10.9 Å². The minimum absolute atomic E-state index is 0.187. The molecular weight excluding hydrogens is 316 g/mol. The van der Waals surface area contributed by atoms with E-state index in [1.54, 1.807) is 25.1 Å². The average Bonchev–Trinajstić information content (AvgIpc) is 2.85. The SMILES string of the molecule is CC(=O)Nc1nc(C)c(C(=O)C=Cc2ccc(C(=O)O)cc2)s1. The number of aromatic nitrogens is 1. The van der Waals surface area contributed by atoms with Gasteiger partial charge in [0, 0.05) is 6.92 Å². The van der Waals surface area contributed by atoms with Gasteiger partial charge in [-0.05, 0) is 30.7 Å². The number of allylic oxidation sites excluding steroid dienone is 1. The Hall–Kier alpha value is -2.80. The number of benzene rings is 1. The maximum absolute atomic E-state index is 12.2. The summed E-state index contributed by atoms with van der Waals surface area (Å²) in [4.78, 5) is 38.5. The fourth-order valence-electron chi connectivity index (χ4n) is 1.81. The number of carbonyl (C=O) groups excluding carboxylic acids is 2. The summed E-state index contributed by atoms with van der Waals surface area (Å²) in [5.41, 5.74) is 1.45. The molecule has 0 spiro atoms. The lowest BCUT2D eigenvalue weighted by molar-refractivity contribution is -0.114. The van der Waals surface area contributed by atoms with Crippen molar-refractivity contribution in [2.24, 2.45) is 0 Å². The van der Waals surface area contributed by atoms with Gasteiger partial charge in [0.2, 0.25) is 5.91 Å². The van der Waals surface area contributed by atoms with E-state index in [1.807, 2.05) is 0 Å². The average molecular weight is 330 g/mol. The summed E-state index contributed by atoms with van der Waals surface area (Å²) in [6.45, 7) is 3.07. The molecule has 0 saturated carbocycles. The number of carboxylic acid groups (broad SMARTS) is 1. The first kappa shape index (κ1) is 16.6. The largest absolute Gasteiger partial charge is 0.478 e. The highest BCUT2D eigenvalue weighted by molar-refractivity contribution is 7.17. The zero-order chi connectivity index (χ0) is 17.0. The summed E-state index contributed by atoms with van der Waals surface area (Å²) in [5, 5.41) is 11.8. The van der Waals surface area contributed by atoms with Crippen molar-refractivity contribution in [2.75, 3.05) is 5.32 Å². The molecule has 2 N–H and O–H groups in total. The van der Waals surface area contributed by atoms with E-state index < -0.39 is 5.97 Å². The number of anilines is 1. The molecule has 1 amide bonds. The lowest BCUT2D eigenvalue weighted by Gasteiger charge is -1.96. The predicted octanol–water partition coefficient (Wildman–Crippen LogP) is 3.00. The van der Waals surface area contributed by atoms with Crippen molar-refractivity contribution in [1.29, 1.82) is 0 Å². The van der Waals surface area contributed by atoms with Crippen molar-refractivity contribution >= 4 is 40.2 Å². The van der Waals surface area contributed by atoms with E-state index in [-0.39, 0.29) is 17.3 Å². The van der Waals surface area contributed by atoms with Gasteiger partial charge < -0.3 is 10.4 Å². The van der Waals surface area contributed by atoms with Crippen molar-refractivity contribution in [3.63, 3.8) is 0 Å². The molecule has 0 atom stereocenters. The third-order valence-electron chi connectivity index (χ3n) is 2.89. The van der Waals surface area contributed by atoms with Crippen LogP contribution in [0.2, 0.25) is 0 Å². The topological polar surface area (TPSA) is 96.4 Å². The number of rotatable bonds is 5. The number of hydrogen-bond acceptors (Lipinski definition) is 5. The summed E-state index contributed by atoms with van der Waals surface area (Å²) >= 11 is 1.12. The molecule has 0 unspecified atom stereocenters. The predicted molar refractivity (Wildman–Crippen MR) is 87.9 cm³/mol. The van der Waals surface area contributed by atoms with Crippen LogP contribution in [-0.2, 0) is 4.79 Å². The Morgan fingerprint density at radius 2 is 1.87 bits per heavy atom. The Labute approximate surface area is 136 Å². The van der Waals surface area contributed by atoms with Gasteiger partial charge in [0.25, 0.3) is 0 Å². The quantitative estimate of drug-likeness (QED) is 0.649. The summed E-state index contributed by atoms with van der Waals surface area (Å²) in [7, 11) is 0. The Morgan fingerprint density at radius 3 is 2.43 bits per heavy atom. The molecule has 0 radical (unpaired) electrons. The molecule has 2 aromatic rings. The second kappa shape index (κ2) is 6.97. The molecule has 23 heavy (non-hydrogen) atoms. The third kappa shape index (κ3) is 4.33. The highest BCUT2D eigenvalue weighted by Crippen LogP contribution is 2.23. The summed E-state index contributed by atoms with van der Waals surface area (Å²) in [6.07, 6.45) is 3.00. The molecule has 0 aliphatic carbocycles. The minimum atomic E-state index is -0.998. The zero-order valence-corrected chi connectivity index (χ0v) is 13.3. The molecule has 0 fully saturated rings. The van der Waals surface area contributed by atoms with Crippen LogP contribution in [0.25, 0.3) is 6.08 Å². The van der Waals surface area contributed by atoms with E-state index in [4.69, 9.17) is 5.11 Å². The van der Waals surface area contributed by atoms with Crippen LogP contribution in [-0.4, -0.2) is 27.8 Å². The smallest absolute Gasteiger partial charge is 0.335 e. The maximum Gasteiger partial charge on any atom is 0.335 e. The van der Waals surface area contributed by atoms with E-state index in [2.05, 4.69) is 10.3 Å². The van der Waals surface area contributed by atoms with Crippen molar-refractivity contribution in [3.8, 4) is 0 Å². The normalized spacial score (nSPS) is 10.7. The number of thiazole rings is 1. The van der Waals surface area contributed by atoms with Crippen LogP contribution in [0.3, 0.4) is 0 Å². The standard InChI is InChI=1S/C16H14N2O4S/c1-9-14(23-16(17-9)18-10(2)19)13(20)8-5-11-3-6-12(7-4-11)15(21)22/h3-8H,1-2H3,(H,21,22)(H,17,18,19). The number of aryl methyl sites for hydroxylation is 1. The summed E-state index contributed by atoms with van der Waals surface area (Å²) < 4.78 is 0. The first-order valence-corrected chi connectivity index (χ1v) is 7.49. The Morgan fingerprint density at radius 1 is 1.22 bits per heavy atom. The van der Waals surface area contributed by atoms with Gasteiger partial charge in [-0.15, -0.1) is 0 Å². The van der Waals surface area contributed by atoms with E-state index >= 15 is 0 Å². The molecular formula is C16H14N2O4S. The lowest BCUT2D eigenvalue weighted by atomic mass is 10.1. The Bertz CT molecular complexity index is 791. The number of hydrogen-bond donors (Lipinski definition) is 2. The Balaban J connectivity index is 2.13. The highest BCUT2D eigenvalue weighted by Gasteiger charge is 2.13. The van der Waals surface area contributed by atoms with Gasteiger partial charge in [0.05, 0.1) is 16.1 Å². The second-order valence-corrected chi connectivity index (χ2v) is 5.74. The molecule has 2 rings (SSSR count). The molecule has 0 aliphatic rings. The number of ketones is 1. The molecule has 1 heterocycles. The summed E-state index contributed by atoms with van der Waals surface area (Å²) in [6, 6.07) is 6.18. The van der Waals surface area contributed by atoms with Crippen molar-refractivity contribution in [2.45, 2.75) is 13.8 Å². The first-order valence-electron chi connectivity index (χ1n) is 6.67. The van der Waals surface area contributed by atoms with E-state index in [9.17, 15) is 14.4 Å². The Kier molecular flexibility index (Phi) is 5.02. The van der Waals surface area contributed by atoms with Crippen molar-refractivity contribution in [1.82, 2.24) is 4.98 Å². The number of carboxylic acids is 1. The van der Waals surface area contributed by atoms with Crippen molar-refractivity contribution in [3.05, 3.63) is 52.0 Å². The second-order valence-electron chi connectivity index (χ2n) is 4.74. The van der Waals surface area contributed by atoms with Crippen LogP contribution in [0.1, 0.15) is 38.2 Å². The molecule has 1 aromatic carbocycles. The van der Waals surface area contributed by atoms with E-state index in [0.29, 0.717) is 21.3 Å². The van der Waals surface area contributed by atoms with Crippen LogP contribution < -0.4 is 5.32 Å². The zero-order valence-electron chi connectivity index (χ0n) is 12.5. The van der Waals surface area contributed by atoms with Crippen molar-refractivity contribution < 1.29 is 19.5 Å². The number of nitrogens with zero attached hydrogens (tertiary/aromatic N) is 1. The summed E-state index contributed by atoms with van der Waals surface area (Å²) in [5.74, 6) is -1.46. The number of amides is 1. The molecule has 6 nitrogen and oxygen atoms in total. The number of nitrogens with one attached hydrogen (secondary N) is 1. The van der Waals surface area contributed by atoms with Crippen LogP contribution in [0, 0.1) is 6.92 Å². The van der Waals surface area contributed by atoms with Crippen LogP contribution >= 0.6 is 11.3 Å². The first-order chi connectivity index (χ1) is 10.9. The third-order valence-corrected chi connectivity index (χ3v) is 3.98. The molecule has 0 bridgehead atoms. The number of carbonyl (C=O) groups is 3. The highest BCUT2D eigenvalue weighted by atomic mass is 32.1. The lowest BCUT2D eigenvalue weighted by Crippen LogP contribution is -2.04. The van der Waals surface area contributed by atoms with Gasteiger partial charge in [-0.3, -0.25) is 9.59 Å². The minimum Gasteiger partial charge on any atom is -0.478 e. The van der Waals surface area contributed by atoms with Crippen LogP contribution in [0.15, 0.2) is 30.3 Å². The molecule has 0 saturated heterocycles. The molecule has 1 aromatic heterocycles. The number of aromatic carboxylic acids is 1. The molecule has 7 heteroatoms. The van der Waals surface area contributed by atoms with E-state index in [0.717, 1.165) is 11.3 Å². The van der Waals surface area contributed by atoms with Crippen LogP contribution in [0.5, 0.6) is 0 Å². The fourth-order valence-corrected chi connectivity index (χ4v) is 2.75. The molecule has 118 valence electrons. The fraction of sp³-hybridized carbons (Fsp3) is 0.125. The molecule has 0 aliphatic heterocycles. The van der Waals surface area contributed by atoms with Crippen LogP contribution in [0.4, 0.5) is 5.13 Å². The van der Waals surface area contributed by atoms with Gasteiger partial charge >= 0.3 is 5.97 Å². The van der Waals surface area contributed by atoms with Gasteiger partial charge in [-0.2, -0.15) is 0 Å². The maximum atomic E-state index is 12.2. The van der Waals surface area contributed by atoms with Gasteiger partial charge in [0.1, 0.15) is 0 Å². The van der Waals surface area contributed by atoms with E-state index in [1.165, 1.54) is 25.1 Å². The van der Waals surface area contributed by atoms with Gasteiger partial charge in [-0.25, -0.2) is 9.78 Å². The monoisotopic (exact) mass is 330 g/mol.